The molecule has 0 aromatic heterocycles. The first kappa shape index (κ1) is 24.1. The minimum Gasteiger partial charge on any atom is -0.353 e. The lowest BCUT2D eigenvalue weighted by Crippen LogP contribution is -2.26. The Balaban J connectivity index is 0.000000157. The number of fused-ring (bicyclic) bond motifs is 4. The zero-order chi connectivity index (χ0) is 25.8. The standard InChI is InChI=1S/C16H13ClN2O2.C13H10N2O/c17-10-9-15(20)19-13-7-3-1-5-11(13)16(21)18-12-6-2-4-8-14(12)19;16-13-9-5-1-2-6-10(9)14-11-7-3-4-8-12(11)15-13/h1-8H,9-10H2,(H,18,21);1-8,14H,(H,15,16). The van der Waals surface area contributed by atoms with Crippen LogP contribution in [0.3, 0.4) is 0 Å². The van der Waals surface area contributed by atoms with E-state index < -0.39 is 0 Å². The van der Waals surface area contributed by atoms with E-state index in [0.717, 1.165) is 17.1 Å². The Bertz CT molecular complexity index is 1500. The molecule has 3 amide bonds. The number of nitrogens with one attached hydrogen (secondary N) is 3. The van der Waals surface area contributed by atoms with Crippen molar-refractivity contribution < 1.29 is 14.4 Å². The molecule has 8 heteroatoms. The van der Waals surface area contributed by atoms with E-state index in [9.17, 15) is 14.4 Å². The third-order valence-electron chi connectivity index (χ3n) is 5.96. The topological polar surface area (TPSA) is 90.5 Å². The van der Waals surface area contributed by atoms with Crippen LogP contribution in [0.2, 0.25) is 0 Å². The van der Waals surface area contributed by atoms with Crippen LogP contribution in [-0.2, 0) is 4.79 Å². The summed E-state index contributed by atoms with van der Waals surface area (Å²) in [5.41, 5.74) is 5.55. The second-order valence-corrected chi connectivity index (χ2v) is 8.70. The molecular formula is C29H23ClN4O3. The monoisotopic (exact) mass is 510 g/mol. The van der Waals surface area contributed by atoms with Gasteiger partial charge in [0.15, 0.2) is 0 Å². The van der Waals surface area contributed by atoms with Crippen molar-refractivity contribution in [1.29, 1.82) is 0 Å². The van der Waals surface area contributed by atoms with Gasteiger partial charge in [-0.25, -0.2) is 0 Å². The van der Waals surface area contributed by atoms with Gasteiger partial charge in [-0.15, -0.1) is 11.6 Å². The van der Waals surface area contributed by atoms with E-state index in [1.807, 2.05) is 66.7 Å². The van der Waals surface area contributed by atoms with Crippen molar-refractivity contribution in [3.8, 4) is 0 Å². The van der Waals surface area contributed by atoms with Crippen LogP contribution in [0.1, 0.15) is 27.1 Å². The summed E-state index contributed by atoms with van der Waals surface area (Å²) in [5.74, 6) is -0.199. The second kappa shape index (κ2) is 10.6. The van der Waals surface area contributed by atoms with Gasteiger partial charge in [-0.1, -0.05) is 48.5 Å². The Labute approximate surface area is 219 Å². The molecule has 37 heavy (non-hydrogen) atoms. The molecule has 3 N–H and O–H groups in total. The number of rotatable bonds is 2. The second-order valence-electron chi connectivity index (χ2n) is 8.33. The molecule has 0 saturated carbocycles. The molecule has 4 aromatic carbocycles. The van der Waals surface area contributed by atoms with Gasteiger partial charge in [-0.05, 0) is 48.5 Å². The Morgan fingerprint density at radius 1 is 0.595 bits per heavy atom. The summed E-state index contributed by atoms with van der Waals surface area (Å²) in [6.45, 7) is 0. The lowest BCUT2D eigenvalue weighted by molar-refractivity contribution is -0.117. The molecule has 6 rings (SSSR count). The predicted molar refractivity (Wildman–Crippen MR) is 147 cm³/mol. The molecule has 0 saturated heterocycles. The molecule has 0 radical (unpaired) electrons. The van der Waals surface area contributed by atoms with Gasteiger partial charge in [0, 0.05) is 12.3 Å². The van der Waals surface area contributed by atoms with Gasteiger partial charge in [0.2, 0.25) is 5.91 Å². The van der Waals surface area contributed by atoms with Crippen molar-refractivity contribution in [2.24, 2.45) is 0 Å². The van der Waals surface area contributed by atoms with Gasteiger partial charge in [0.25, 0.3) is 11.8 Å². The highest BCUT2D eigenvalue weighted by Gasteiger charge is 2.28. The molecule has 2 aliphatic heterocycles. The molecule has 0 atom stereocenters. The summed E-state index contributed by atoms with van der Waals surface area (Å²) in [6.07, 6.45) is 0.207. The summed E-state index contributed by atoms with van der Waals surface area (Å²) in [7, 11) is 0. The molecule has 0 fully saturated rings. The fourth-order valence-corrected chi connectivity index (χ4v) is 4.40. The quantitative estimate of drug-likeness (QED) is 0.267. The number of carbonyl (C=O) groups excluding carboxylic acids is 3. The van der Waals surface area contributed by atoms with Gasteiger partial charge in [-0.3, -0.25) is 19.3 Å². The summed E-state index contributed by atoms with van der Waals surface area (Å²) in [4.78, 5) is 38.3. The van der Waals surface area contributed by atoms with E-state index >= 15 is 0 Å². The number of para-hydroxylation sites is 6. The Kier molecular flexibility index (Phi) is 6.87. The van der Waals surface area contributed by atoms with Gasteiger partial charge < -0.3 is 16.0 Å². The smallest absolute Gasteiger partial charge is 0.257 e. The first-order valence-electron chi connectivity index (χ1n) is 11.7. The molecule has 0 aliphatic carbocycles. The van der Waals surface area contributed by atoms with Crippen molar-refractivity contribution in [1.82, 2.24) is 0 Å². The highest BCUT2D eigenvalue weighted by Crippen LogP contribution is 2.38. The molecule has 184 valence electrons. The van der Waals surface area contributed by atoms with Crippen molar-refractivity contribution in [3.05, 3.63) is 108 Å². The van der Waals surface area contributed by atoms with Crippen LogP contribution in [0.25, 0.3) is 0 Å². The molecule has 2 heterocycles. The molecular weight excluding hydrogens is 488 g/mol. The van der Waals surface area contributed by atoms with Crippen molar-refractivity contribution in [2.45, 2.75) is 6.42 Å². The van der Waals surface area contributed by atoms with E-state index in [1.165, 1.54) is 0 Å². The van der Waals surface area contributed by atoms with Crippen LogP contribution in [0.15, 0.2) is 97.1 Å². The molecule has 0 unspecified atom stereocenters. The van der Waals surface area contributed by atoms with Crippen molar-refractivity contribution >= 4 is 63.4 Å². The normalized spacial score (nSPS) is 12.9. The molecule has 2 aliphatic rings. The number of benzene rings is 4. The number of carbonyl (C=O) groups is 3. The Morgan fingerprint density at radius 2 is 1.08 bits per heavy atom. The van der Waals surface area contributed by atoms with Crippen LogP contribution in [0.4, 0.5) is 34.1 Å². The highest BCUT2D eigenvalue weighted by atomic mass is 35.5. The predicted octanol–water partition coefficient (Wildman–Crippen LogP) is 6.54. The minimum atomic E-state index is -0.223. The van der Waals surface area contributed by atoms with Crippen LogP contribution in [0, 0.1) is 0 Å². The third kappa shape index (κ3) is 4.90. The van der Waals surface area contributed by atoms with E-state index in [0.29, 0.717) is 28.2 Å². The fraction of sp³-hybridized carbons (Fsp3) is 0.0690. The molecule has 0 bridgehead atoms. The lowest BCUT2D eigenvalue weighted by atomic mass is 10.1. The molecule has 7 nitrogen and oxygen atoms in total. The van der Waals surface area contributed by atoms with Gasteiger partial charge in [0.1, 0.15) is 0 Å². The summed E-state index contributed by atoms with van der Waals surface area (Å²) >= 11 is 5.71. The average molecular weight is 511 g/mol. The number of alkyl halides is 1. The average Bonchev–Trinajstić information content (AvgIpc) is 3.14. The van der Waals surface area contributed by atoms with E-state index in [-0.39, 0.29) is 30.0 Å². The highest BCUT2D eigenvalue weighted by molar-refractivity contribution is 6.21. The third-order valence-corrected chi connectivity index (χ3v) is 6.15. The lowest BCUT2D eigenvalue weighted by Gasteiger charge is -2.23. The number of amides is 3. The SMILES string of the molecule is O=C1Nc2ccccc2N(C(=O)CCCl)c2ccccc21.O=C1Nc2ccccc2Nc2ccccc21. The van der Waals surface area contributed by atoms with Crippen LogP contribution in [-0.4, -0.2) is 23.6 Å². The number of hydrogen-bond acceptors (Lipinski definition) is 4. The van der Waals surface area contributed by atoms with Gasteiger partial charge in [-0.2, -0.15) is 0 Å². The summed E-state index contributed by atoms with van der Waals surface area (Å²) in [5, 5.41) is 8.97. The Hall–Kier alpha value is -4.62. The van der Waals surface area contributed by atoms with E-state index in [4.69, 9.17) is 11.6 Å². The van der Waals surface area contributed by atoms with Crippen LogP contribution >= 0.6 is 11.6 Å². The number of hydrogen-bond donors (Lipinski definition) is 3. The van der Waals surface area contributed by atoms with Gasteiger partial charge >= 0.3 is 0 Å². The molecule has 4 aromatic rings. The van der Waals surface area contributed by atoms with Crippen molar-refractivity contribution in [2.75, 3.05) is 26.7 Å². The van der Waals surface area contributed by atoms with E-state index in [2.05, 4.69) is 16.0 Å². The maximum Gasteiger partial charge on any atom is 0.257 e. The van der Waals surface area contributed by atoms with Crippen LogP contribution < -0.4 is 20.9 Å². The van der Waals surface area contributed by atoms with E-state index in [1.54, 1.807) is 35.2 Å². The maximum atomic E-state index is 12.5. The largest absolute Gasteiger partial charge is 0.353 e. The maximum absolute atomic E-state index is 12.5. The first-order valence-corrected chi connectivity index (χ1v) is 12.2. The Morgan fingerprint density at radius 3 is 1.78 bits per heavy atom. The minimum absolute atomic E-state index is 0.0759. The molecule has 0 spiro atoms. The summed E-state index contributed by atoms with van der Waals surface area (Å²) < 4.78 is 0. The van der Waals surface area contributed by atoms with Crippen LogP contribution in [0.5, 0.6) is 0 Å². The van der Waals surface area contributed by atoms with Gasteiger partial charge in [0.05, 0.1) is 45.3 Å². The number of nitrogens with zero attached hydrogens (tertiary/aromatic N) is 1. The number of anilines is 6. The summed E-state index contributed by atoms with van der Waals surface area (Å²) in [6, 6.07) is 29.4. The zero-order valence-electron chi connectivity index (χ0n) is 19.7. The fourth-order valence-electron chi connectivity index (χ4n) is 4.24. The zero-order valence-corrected chi connectivity index (χ0v) is 20.5. The number of halogens is 1. The van der Waals surface area contributed by atoms with Crippen molar-refractivity contribution in [3.63, 3.8) is 0 Å². The first-order chi connectivity index (χ1) is 18.1.